The second-order valence-electron chi connectivity index (χ2n) is 5.05. The SMILES string of the molecule is Cc1ccnc(NCCNC(=O)[C@H]2CCC(=O)NC(=O)N2)c1. The van der Waals surface area contributed by atoms with Crippen LogP contribution in [0.4, 0.5) is 10.6 Å². The van der Waals surface area contributed by atoms with E-state index in [4.69, 9.17) is 0 Å². The lowest BCUT2D eigenvalue weighted by Gasteiger charge is -2.15. The van der Waals surface area contributed by atoms with E-state index in [9.17, 15) is 14.4 Å². The van der Waals surface area contributed by atoms with Gasteiger partial charge in [-0.05, 0) is 31.0 Å². The van der Waals surface area contributed by atoms with E-state index in [1.165, 1.54) is 0 Å². The molecule has 1 aromatic rings. The summed E-state index contributed by atoms with van der Waals surface area (Å²) in [6.45, 7) is 2.88. The molecule has 22 heavy (non-hydrogen) atoms. The maximum Gasteiger partial charge on any atom is 0.322 e. The fourth-order valence-corrected chi connectivity index (χ4v) is 2.06. The fraction of sp³-hybridized carbons (Fsp3) is 0.429. The van der Waals surface area contributed by atoms with Crippen molar-refractivity contribution in [3.05, 3.63) is 23.9 Å². The Morgan fingerprint density at radius 3 is 3.00 bits per heavy atom. The Labute approximate surface area is 128 Å². The first-order valence-corrected chi connectivity index (χ1v) is 7.09. The first kappa shape index (κ1) is 15.7. The van der Waals surface area contributed by atoms with Crippen LogP contribution in [0.5, 0.6) is 0 Å². The standard InChI is InChI=1S/C14H19N5O3/c1-9-4-5-15-11(8-9)16-6-7-17-13(21)10-2-3-12(20)19-14(22)18-10/h4-5,8,10H,2-3,6-7H2,1H3,(H,15,16)(H,17,21)(H2,18,19,20,22)/t10-/m1/s1. The molecule has 1 aromatic heterocycles. The van der Waals surface area contributed by atoms with Crippen molar-refractivity contribution < 1.29 is 14.4 Å². The number of rotatable bonds is 5. The first-order valence-electron chi connectivity index (χ1n) is 7.09. The van der Waals surface area contributed by atoms with Crippen molar-refractivity contribution in [2.24, 2.45) is 0 Å². The van der Waals surface area contributed by atoms with E-state index in [1.54, 1.807) is 6.20 Å². The molecular weight excluding hydrogens is 286 g/mol. The molecule has 0 aliphatic carbocycles. The van der Waals surface area contributed by atoms with Gasteiger partial charge in [-0.2, -0.15) is 0 Å². The van der Waals surface area contributed by atoms with Gasteiger partial charge in [-0.3, -0.25) is 14.9 Å². The minimum Gasteiger partial charge on any atom is -0.368 e. The number of aromatic nitrogens is 1. The van der Waals surface area contributed by atoms with Gasteiger partial charge in [-0.25, -0.2) is 9.78 Å². The number of aryl methyl sites for hydroxylation is 1. The fourth-order valence-electron chi connectivity index (χ4n) is 2.06. The van der Waals surface area contributed by atoms with Crippen LogP contribution < -0.4 is 21.3 Å². The minimum atomic E-state index is -0.691. The number of hydrogen-bond acceptors (Lipinski definition) is 5. The van der Waals surface area contributed by atoms with E-state index >= 15 is 0 Å². The summed E-state index contributed by atoms with van der Waals surface area (Å²) < 4.78 is 0. The predicted octanol–water partition coefficient (Wildman–Crippen LogP) is -0.0937. The maximum atomic E-state index is 12.0. The highest BCUT2D eigenvalue weighted by Crippen LogP contribution is 2.04. The molecular formula is C14H19N5O3. The zero-order valence-electron chi connectivity index (χ0n) is 12.3. The van der Waals surface area contributed by atoms with Gasteiger partial charge < -0.3 is 16.0 Å². The van der Waals surface area contributed by atoms with Gasteiger partial charge in [0, 0.05) is 25.7 Å². The summed E-state index contributed by atoms with van der Waals surface area (Å²) >= 11 is 0. The molecule has 0 radical (unpaired) electrons. The summed E-state index contributed by atoms with van der Waals surface area (Å²) in [7, 11) is 0. The molecule has 4 N–H and O–H groups in total. The van der Waals surface area contributed by atoms with Crippen molar-refractivity contribution in [2.75, 3.05) is 18.4 Å². The Balaban J connectivity index is 1.73. The van der Waals surface area contributed by atoms with Crippen LogP contribution in [-0.4, -0.2) is 42.0 Å². The molecule has 0 aromatic carbocycles. The molecule has 1 aliphatic heterocycles. The van der Waals surface area contributed by atoms with Crippen molar-refractivity contribution in [1.29, 1.82) is 0 Å². The summed E-state index contributed by atoms with van der Waals surface area (Å²) in [5.41, 5.74) is 1.10. The van der Waals surface area contributed by atoms with E-state index in [0.29, 0.717) is 13.1 Å². The lowest BCUT2D eigenvalue weighted by atomic mass is 10.1. The molecule has 2 heterocycles. The molecule has 118 valence electrons. The third-order valence-corrected chi connectivity index (χ3v) is 3.18. The Kier molecular flexibility index (Phi) is 5.29. The second-order valence-corrected chi connectivity index (χ2v) is 5.05. The summed E-state index contributed by atoms with van der Waals surface area (Å²) in [5.74, 6) is 0.0654. The number of amides is 4. The summed E-state index contributed by atoms with van der Waals surface area (Å²) in [4.78, 5) is 38.6. The zero-order valence-corrected chi connectivity index (χ0v) is 12.3. The third kappa shape index (κ3) is 4.72. The third-order valence-electron chi connectivity index (χ3n) is 3.18. The molecule has 1 saturated heterocycles. The molecule has 4 amide bonds. The zero-order chi connectivity index (χ0) is 15.9. The van der Waals surface area contributed by atoms with Crippen molar-refractivity contribution in [3.8, 4) is 0 Å². The average Bonchev–Trinajstić information content (AvgIpc) is 2.64. The van der Waals surface area contributed by atoms with Crippen molar-refractivity contribution >= 4 is 23.7 Å². The number of urea groups is 1. The van der Waals surface area contributed by atoms with E-state index in [1.807, 2.05) is 19.1 Å². The normalized spacial score (nSPS) is 18.0. The van der Waals surface area contributed by atoms with Crippen LogP contribution in [0.3, 0.4) is 0 Å². The van der Waals surface area contributed by atoms with Gasteiger partial charge in [0.15, 0.2) is 0 Å². The number of carbonyl (C=O) groups excluding carboxylic acids is 3. The average molecular weight is 305 g/mol. The lowest BCUT2D eigenvalue weighted by Crippen LogP contribution is -2.48. The van der Waals surface area contributed by atoms with E-state index in [2.05, 4.69) is 26.3 Å². The minimum absolute atomic E-state index is 0.141. The molecule has 1 aliphatic rings. The number of nitrogens with one attached hydrogen (secondary N) is 4. The van der Waals surface area contributed by atoms with Crippen LogP contribution in [0.1, 0.15) is 18.4 Å². The molecule has 0 saturated carbocycles. The highest BCUT2D eigenvalue weighted by Gasteiger charge is 2.25. The highest BCUT2D eigenvalue weighted by atomic mass is 16.2. The van der Waals surface area contributed by atoms with Crippen LogP contribution in [-0.2, 0) is 9.59 Å². The van der Waals surface area contributed by atoms with Crippen LogP contribution in [0.15, 0.2) is 18.3 Å². The lowest BCUT2D eigenvalue weighted by molar-refractivity contribution is -0.123. The van der Waals surface area contributed by atoms with Gasteiger partial charge in [-0.1, -0.05) is 0 Å². The van der Waals surface area contributed by atoms with Crippen LogP contribution in [0.2, 0.25) is 0 Å². The maximum absolute atomic E-state index is 12.0. The number of anilines is 1. The molecule has 8 heteroatoms. The summed E-state index contributed by atoms with van der Waals surface area (Å²) in [5, 5.41) is 10.4. The number of nitrogens with zero attached hydrogens (tertiary/aromatic N) is 1. The van der Waals surface area contributed by atoms with Crippen molar-refractivity contribution in [2.45, 2.75) is 25.8 Å². The summed E-state index contributed by atoms with van der Waals surface area (Å²) in [6.07, 6.45) is 2.14. The van der Waals surface area contributed by atoms with E-state index in [0.717, 1.165) is 11.4 Å². The monoisotopic (exact) mass is 305 g/mol. The molecule has 1 fully saturated rings. The molecule has 0 bridgehead atoms. The number of carbonyl (C=O) groups is 3. The first-order chi connectivity index (χ1) is 10.5. The highest BCUT2D eigenvalue weighted by molar-refractivity contribution is 5.98. The topological polar surface area (TPSA) is 112 Å². The number of imide groups is 1. The number of hydrogen-bond donors (Lipinski definition) is 4. The Morgan fingerprint density at radius 1 is 1.41 bits per heavy atom. The predicted molar refractivity (Wildman–Crippen MR) is 80.2 cm³/mol. The Morgan fingerprint density at radius 2 is 2.23 bits per heavy atom. The van der Waals surface area contributed by atoms with Gasteiger partial charge in [0.25, 0.3) is 0 Å². The smallest absolute Gasteiger partial charge is 0.322 e. The Bertz CT molecular complexity index is 575. The van der Waals surface area contributed by atoms with Gasteiger partial charge in [-0.15, -0.1) is 0 Å². The number of pyridine rings is 1. The largest absolute Gasteiger partial charge is 0.368 e. The van der Waals surface area contributed by atoms with Gasteiger partial charge >= 0.3 is 6.03 Å². The van der Waals surface area contributed by atoms with Crippen molar-refractivity contribution in [3.63, 3.8) is 0 Å². The molecule has 8 nitrogen and oxygen atoms in total. The Hall–Kier alpha value is -2.64. The molecule has 1 atom stereocenters. The van der Waals surface area contributed by atoms with Crippen LogP contribution >= 0.6 is 0 Å². The molecule has 0 unspecified atom stereocenters. The van der Waals surface area contributed by atoms with Gasteiger partial charge in [0.2, 0.25) is 11.8 Å². The van der Waals surface area contributed by atoms with E-state index < -0.39 is 12.1 Å². The second kappa shape index (κ2) is 7.39. The van der Waals surface area contributed by atoms with Crippen LogP contribution in [0, 0.1) is 6.92 Å². The molecule has 2 rings (SSSR count). The quantitative estimate of drug-likeness (QED) is 0.568. The molecule has 0 spiro atoms. The van der Waals surface area contributed by atoms with Gasteiger partial charge in [0.1, 0.15) is 11.9 Å². The van der Waals surface area contributed by atoms with Crippen LogP contribution in [0.25, 0.3) is 0 Å². The summed E-state index contributed by atoms with van der Waals surface area (Å²) in [6, 6.07) is 2.48. The van der Waals surface area contributed by atoms with E-state index in [-0.39, 0.29) is 24.7 Å². The van der Waals surface area contributed by atoms with Crippen molar-refractivity contribution in [1.82, 2.24) is 20.9 Å². The van der Waals surface area contributed by atoms with Gasteiger partial charge in [0.05, 0.1) is 0 Å².